The second-order valence-electron chi connectivity index (χ2n) is 5.22. The van der Waals surface area contributed by atoms with Gasteiger partial charge in [0.25, 0.3) is 0 Å². The molecule has 3 heteroatoms. The van der Waals surface area contributed by atoms with Gasteiger partial charge in [0, 0.05) is 12.2 Å². The summed E-state index contributed by atoms with van der Waals surface area (Å²) in [6.07, 6.45) is 5.25. The second-order valence-corrected chi connectivity index (χ2v) is 6.09. The van der Waals surface area contributed by atoms with Gasteiger partial charge in [-0.2, -0.15) is 0 Å². The van der Waals surface area contributed by atoms with E-state index in [0.29, 0.717) is 18.1 Å². The normalized spacial score (nSPS) is 31.8. The van der Waals surface area contributed by atoms with Gasteiger partial charge in [0.1, 0.15) is 0 Å². The molecule has 2 nitrogen and oxygen atoms in total. The van der Waals surface area contributed by atoms with E-state index in [9.17, 15) is 0 Å². The van der Waals surface area contributed by atoms with Crippen molar-refractivity contribution >= 4 is 11.8 Å². The van der Waals surface area contributed by atoms with Crippen LogP contribution in [0.25, 0.3) is 0 Å². The van der Waals surface area contributed by atoms with Crippen molar-refractivity contribution in [1.29, 1.82) is 0 Å². The van der Waals surface area contributed by atoms with Crippen molar-refractivity contribution in [3.63, 3.8) is 0 Å². The quantitative estimate of drug-likeness (QED) is 0.875. The number of rotatable bonds is 2. The van der Waals surface area contributed by atoms with Crippen LogP contribution < -0.4 is 5.32 Å². The molecule has 1 fully saturated rings. The van der Waals surface area contributed by atoms with Crippen molar-refractivity contribution in [1.82, 2.24) is 10.2 Å². The maximum absolute atomic E-state index is 3.82. The Hall–Kier alpha value is -0.930. The van der Waals surface area contributed by atoms with Gasteiger partial charge >= 0.3 is 0 Å². The first-order valence-electron chi connectivity index (χ1n) is 6.69. The van der Waals surface area contributed by atoms with Crippen LogP contribution in [-0.2, 0) is 0 Å². The Morgan fingerprint density at radius 1 is 1.22 bits per heavy atom. The summed E-state index contributed by atoms with van der Waals surface area (Å²) in [5, 5.41) is 6.02. The smallest absolute Gasteiger partial charge is 0.0829 e. The monoisotopic (exact) mass is 260 g/mol. The molecule has 1 aromatic carbocycles. The summed E-state index contributed by atoms with van der Waals surface area (Å²) in [4.78, 5) is 2.43. The Balaban J connectivity index is 1.74. The Morgan fingerprint density at radius 3 is 2.78 bits per heavy atom. The first-order chi connectivity index (χ1) is 8.84. The van der Waals surface area contributed by atoms with E-state index in [0.717, 1.165) is 5.88 Å². The van der Waals surface area contributed by atoms with Crippen molar-refractivity contribution < 1.29 is 0 Å². The number of thioether (sulfide) groups is 1. The number of hydrogen-bond acceptors (Lipinski definition) is 3. The molecule has 3 unspecified atom stereocenters. The standard InChI is InChI=1S/C15H20N2S/c1-12-7-8-14(13-5-3-2-4-6-13)16-15(12)17-9-10-18-11-17/h2-6,9-10,12,14-16H,7-8,11H2,1H3. The number of nitrogens with zero attached hydrogens (tertiary/aromatic N) is 1. The summed E-state index contributed by atoms with van der Waals surface area (Å²) in [7, 11) is 0. The molecular formula is C15H20N2S. The van der Waals surface area contributed by atoms with Crippen LogP contribution in [0.15, 0.2) is 41.9 Å². The fraction of sp³-hybridized carbons (Fsp3) is 0.467. The predicted molar refractivity (Wildman–Crippen MR) is 77.9 cm³/mol. The molecule has 1 aromatic rings. The lowest BCUT2D eigenvalue weighted by atomic mass is 9.89. The molecule has 0 bridgehead atoms. The minimum atomic E-state index is 0.482. The maximum Gasteiger partial charge on any atom is 0.0829 e. The zero-order valence-electron chi connectivity index (χ0n) is 10.8. The third kappa shape index (κ3) is 2.43. The number of hydrogen-bond donors (Lipinski definition) is 1. The summed E-state index contributed by atoms with van der Waals surface area (Å²) in [5.41, 5.74) is 1.42. The van der Waals surface area contributed by atoms with Crippen molar-refractivity contribution in [2.45, 2.75) is 32.0 Å². The summed E-state index contributed by atoms with van der Waals surface area (Å²) < 4.78 is 0. The van der Waals surface area contributed by atoms with Crippen molar-refractivity contribution in [2.24, 2.45) is 5.92 Å². The molecule has 2 heterocycles. The van der Waals surface area contributed by atoms with Crippen LogP contribution in [0.1, 0.15) is 31.4 Å². The largest absolute Gasteiger partial charge is 0.352 e. The van der Waals surface area contributed by atoms with E-state index in [2.05, 4.69) is 59.1 Å². The number of nitrogens with one attached hydrogen (secondary N) is 1. The van der Waals surface area contributed by atoms with Gasteiger partial charge in [0.05, 0.1) is 12.0 Å². The summed E-state index contributed by atoms with van der Waals surface area (Å²) >= 11 is 1.88. The molecule has 1 saturated heterocycles. The van der Waals surface area contributed by atoms with Gasteiger partial charge in [-0.3, -0.25) is 5.32 Å². The van der Waals surface area contributed by atoms with Gasteiger partial charge < -0.3 is 4.90 Å². The first-order valence-corrected chi connectivity index (χ1v) is 7.74. The second kappa shape index (κ2) is 5.37. The highest BCUT2D eigenvalue weighted by Crippen LogP contribution is 2.32. The zero-order valence-corrected chi connectivity index (χ0v) is 11.6. The van der Waals surface area contributed by atoms with E-state index < -0.39 is 0 Å². The average Bonchev–Trinajstić information content (AvgIpc) is 2.94. The Bertz CT molecular complexity index is 418. The minimum absolute atomic E-state index is 0.482. The van der Waals surface area contributed by atoms with Crippen LogP contribution in [0.2, 0.25) is 0 Å². The SMILES string of the molecule is CC1CCC(c2ccccc2)NC1N1C=CSC1. The number of benzene rings is 1. The molecule has 2 aliphatic heterocycles. The molecule has 0 saturated carbocycles. The van der Waals surface area contributed by atoms with Crippen LogP contribution >= 0.6 is 11.8 Å². The van der Waals surface area contributed by atoms with E-state index in [4.69, 9.17) is 0 Å². The van der Waals surface area contributed by atoms with Gasteiger partial charge in [-0.1, -0.05) is 37.3 Å². The Kier molecular flexibility index (Phi) is 3.62. The van der Waals surface area contributed by atoms with Crippen molar-refractivity contribution in [2.75, 3.05) is 5.88 Å². The van der Waals surface area contributed by atoms with Gasteiger partial charge in [-0.15, -0.1) is 11.8 Å². The van der Waals surface area contributed by atoms with E-state index >= 15 is 0 Å². The molecule has 0 aliphatic carbocycles. The molecule has 18 heavy (non-hydrogen) atoms. The molecule has 0 aromatic heterocycles. The lowest BCUT2D eigenvalue weighted by Gasteiger charge is -2.41. The molecule has 0 radical (unpaired) electrons. The predicted octanol–water partition coefficient (Wildman–Crippen LogP) is 3.55. The van der Waals surface area contributed by atoms with Gasteiger partial charge in [-0.05, 0) is 29.7 Å². The van der Waals surface area contributed by atoms with E-state index in [1.165, 1.54) is 18.4 Å². The topological polar surface area (TPSA) is 15.3 Å². The Labute approximate surface area is 113 Å². The van der Waals surface area contributed by atoms with E-state index in [-0.39, 0.29) is 0 Å². The van der Waals surface area contributed by atoms with Crippen molar-refractivity contribution in [3.05, 3.63) is 47.5 Å². The molecule has 3 rings (SSSR count). The molecule has 96 valence electrons. The molecule has 0 spiro atoms. The van der Waals surface area contributed by atoms with Gasteiger partial charge in [0.2, 0.25) is 0 Å². The fourth-order valence-corrected chi connectivity index (χ4v) is 3.63. The lowest BCUT2D eigenvalue weighted by Crippen LogP contribution is -2.50. The van der Waals surface area contributed by atoms with Crippen LogP contribution in [0, 0.1) is 5.92 Å². The maximum atomic E-state index is 3.82. The van der Waals surface area contributed by atoms with Gasteiger partial charge in [0.15, 0.2) is 0 Å². The zero-order chi connectivity index (χ0) is 12.4. The lowest BCUT2D eigenvalue weighted by molar-refractivity contribution is 0.130. The van der Waals surface area contributed by atoms with Crippen LogP contribution in [0.3, 0.4) is 0 Å². The van der Waals surface area contributed by atoms with Crippen LogP contribution in [-0.4, -0.2) is 16.9 Å². The van der Waals surface area contributed by atoms with Crippen LogP contribution in [0.4, 0.5) is 0 Å². The molecule has 0 amide bonds. The third-order valence-electron chi connectivity index (χ3n) is 3.95. The molecule has 3 atom stereocenters. The van der Waals surface area contributed by atoms with Crippen molar-refractivity contribution in [3.8, 4) is 0 Å². The van der Waals surface area contributed by atoms with E-state index in [1.54, 1.807) is 0 Å². The average molecular weight is 260 g/mol. The van der Waals surface area contributed by atoms with Crippen LogP contribution in [0.5, 0.6) is 0 Å². The Morgan fingerprint density at radius 2 is 2.06 bits per heavy atom. The number of piperidine rings is 1. The highest BCUT2D eigenvalue weighted by atomic mass is 32.2. The minimum Gasteiger partial charge on any atom is -0.352 e. The molecule has 1 N–H and O–H groups in total. The summed E-state index contributed by atoms with van der Waals surface area (Å²) in [6.45, 7) is 2.36. The summed E-state index contributed by atoms with van der Waals surface area (Å²) in [6, 6.07) is 11.3. The molecule has 2 aliphatic rings. The highest BCUT2D eigenvalue weighted by molar-refractivity contribution is 8.02. The molecular weight excluding hydrogens is 240 g/mol. The highest BCUT2D eigenvalue weighted by Gasteiger charge is 2.31. The third-order valence-corrected chi connectivity index (χ3v) is 4.71. The first kappa shape index (κ1) is 12.1. The fourth-order valence-electron chi connectivity index (χ4n) is 2.88. The van der Waals surface area contributed by atoms with E-state index in [1.807, 2.05) is 11.8 Å². The van der Waals surface area contributed by atoms with Gasteiger partial charge in [-0.25, -0.2) is 0 Å². The summed E-state index contributed by atoms with van der Waals surface area (Å²) in [5.74, 6) is 1.80.